The standard InChI is InChI=1S/C22H25ClN6.HI/c1-24-22(25-13-17-14-26-29(15-17)20-7-3-2-4-8-20)27-19-10-11-28(16-19)21-9-5-6-18(23)12-21;/h2-9,12,14-15,19H,10-11,13,16H2,1H3,(H2,24,25,27);1H. The Morgan fingerprint density at radius 1 is 1.17 bits per heavy atom. The van der Waals surface area contributed by atoms with Crippen molar-refractivity contribution in [3.8, 4) is 5.69 Å². The minimum absolute atomic E-state index is 0. The Morgan fingerprint density at radius 3 is 2.73 bits per heavy atom. The molecule has 2 heterocycles. The van der Waals surface area contributed by atoms with E-state index in [1.54, 1.807) is 7.05 Å². The van der Waals surface area contributed by atoms with E-state index >= 15 is 0 Å². The van der Waals surface area contributed by atoms with Crippen LogP contribution in [-0.4, -0.2) is 41.9 Å². The van der Waals surface area contributed by atoms with E-state index < -0.39 is 0 Å². The van der Waals surface area contributed by atoms with Crippen LogP contribution in [0.5, 0.6) is 0 Å². The van der Waals surface area contributed by atoms with E-state index in [1.165, 1.54) is 0 Å². The molecule has 0 aliphatic carbocycles. The molecule has 1 aromatic heterocycles. The molecule has 0 radical (unpaired) electrons. The van der Waals surface area contributed by atoms with Crippen LogP contribution in [0.4, 0.5) is 5.69 Å². The molecule has 1 unspecified atom stereocenters. The Kier molecular flexibility index (Phi) is 7.98. The summed E-state index contributed by atoms with van der Waals surface area (Å²) in [5, 5.41) is 12.1. The third-order valence-electron chi connectivity index (χ3n) is 5.04. The molecule has 4 rings (SSSR count). The van der Waals surface area contributed by atoms with E-state index in [-0.39, 0.29) is 24.0 Å². The summed E-state index contributed by atoms with van der Waals surface area (Å²) in [6, 6.07) is 18.5. The molecule has 3 aromatic rings. The highest BCUT2D eigenvalue weighted by Crippen LogP contribution is 2.23. The molecule has 8 heteroatoms. The van der Waals surface area contributed by atoms with Crippen molar-refractivity contribution in [1.82, 2.24) is 20.4 Å². The van der Waals surface area contributed by atoms with Gasteiger partial charge in [0.25, 0.3) is 0 Å². The van der Waals surface area contributed by atoms with Crippen molar-refractivity contribution in [2.24, 2.45) is 4.99 Å². The van der Waals surface area contributed by atoms with Gasteiger partial charge in [-0.15, -0.1) is 24.0 Å². The van der Waals surface area contributed by atoms with Crippen molar-refractivity contribution in [2.75, 3.05) is 25.0 Å². The Hall–Kier alpha value is -2.26. The second-order valence-corrected chi connectivity index (χ2v) is 7.55. The van der Waals surface area contributed by atoms with Crippen molar-refractivity contribution in [1.29, 1.82) is 0 Å². The number of halogens is 2. The van der Waals surface area contributed by atoms with Gasteiger partial charge >= 0.3 is 0 Å². The zero-order chi connectivity index (χ0) is 20.1. The van der Waals surface area contributed by atoms with Crippen LogP contribution in [0.15, 0.2) is 72.0 Å². The number of nitrogens with zero attached hydrogens (tertiary/aromatic N) is 4. The minimum Gasteiger partial charge on any atom is -0.369 e. The second kappa shape index (κ2) is 10.7. The van der Waals surface area contributed by atoms with E-state index in [1.807, 2.05) is 65.6 Å². The van der Waals surface area contributed by atoms with Crippen LogP contribution < -0.4 is 15.5 Å². The second-order valence-electron chi connectivity index (χ2n) is 7.11. The number of hydrogen-bond donors (Lipinski definition) is 2. The van der Waals surface area contributed by atoms with Crippen LogP contribution in [0.3, 0.4) is 0 Å². The van der Waals surface area contributed by atoms with Crippen molar-refractivity contribution in [3.63, 3.8) is 0 Å². The Labute approximate surface area is 199 Å². The molecule has 0 spiro atoms. The van der Waals surface area contributed by atoms with Gasteiger partial charge in [-0.1, -0.05) is 35.9 Å². The van der Waals surface area contributed by atoms with Crippen molar-refractivity contribution >= 4 is 47.2 Å². The van der Waals surface area contributed by atoms with Crippen LogP contribution in [-0.2, 0) is 6.54 Å². The Bertz CT molecular complexity index is 975. The molecule has 1 fully saturated rings. The summed E-state index contributed by atoms with van der Waals surface area (Å²) in [7, 11) is 1.80. The highest BCUT2D eigenvalue weighted by Gasteiger charge is 2.23. The van der Waals surface area contributed by atoms with Gasteiger partial charge in [0.05, 0.1) is 11.9 Å². The molecule has 158 valence electrons. The predicted octanol–water partition coefficient (Wildman–Crippen LogP) is 4.09. The molecule has 1 saturated heterocycles. The van der Waals surface area contributed by atoms with Crippen LogP contribution >= 0.6 is 35.6 Å². The highest BCUT2D eigenvalue weighted by atomic mass is 127. The van der Waals surface area contributed by atoms with Gasteiger partial charge < -0.3 is 15.5 Å². The third-order valence-corrected chi connectivity index (χ3v) is 5.28. The number of aliphatic imine (C=N–C) groups is 1. The van der Waals surface area contributed by atoms with Gasteiger partial charge in [-0.3, -0.25) is 4.99 Å². The zero-order valence-corrected chi connectivity index (χ0v) is 19.9. The van der Waals surface area contributed by atoms with Crippen molar-refractivity contribution in [3.05, 3.63) is 77.6 Å². The first kappa shape index (κ1) is 22.4. The number of para-hydroxylation sites is 1. The lowest BCUT2D eigenvalue weighted by atomic mass is 10.2. The van der Waals surface area contributed by atoms with Gasteiger partial charge in [-0.2, -0.15) is 5.10 Å². The molecule has 6 nitrogen and oxygen atoms in total. The molecule has 1 atom stereocenters. The van der Waals surface area contributed by atoms with Crippen LogP contribution in [0.2, 0.25) is 5.02 Å². The van der Waals surface area contributed by atoms with Gasteiger partial charge in [0.15, 0.2) is 5.96 Å². The number of anilines is 1. The van der Waals surface area contributed by atoms with Crippen LogP contribution in [0, 0.1) is 0 Å². The first-order valence-electron chi connectivity index (χ1n) is 9.78. The lowest BCUT2D eigenvalue weighted by Crippen LogP contribution is -2.44. The summed E-state index contributed by atoms with van der Waals surface area (Å²) < 4.78 is 1.88. The summed E-state index contributed by atoms with van der Waals surface area (Å²) in [6.07, 6.45) is 4.97. The Balaban J connectivity index is 0.00000256. The fraction of sp³-hybridized carbons (Fsp3) is 0.273. The quantitative estimate of drug-likeness (QED) is 0.293. The van der Waals surface area contributed by atoms with Gasteiger partial charge in [0, 0.05) is 55.2 Å². The molecule has 30 heavy (non-hydrogen) atoms. The number of guanidine groups is 1. The summed E-state index contributed by atoms with van der Waals surface area (Å²) >= 11 is 6.13. The fourth-order valence-corrected chi connectivity index (χ4v) is 3.72. The zero-order valence-electron chi connectivity index (χ0n) is 16.8. The maximum atomic E-state index is 6.13. The molecule has 1 aliphatic heterocycles. The fourth-order valence-electron chi connectivity index (χ4n) is 3.53. The molecular formula is C22H26ClIN6. The highest BCUT2D eigenvalue weighted by molar-refractivity contribution is 14.0. The lowest BCUT2D eigenvalue weighted by Gasteiger charge is -2.20. The number of hydrogen-bond acceptors (Lipinski definition) is 3. The Morgan fingerprint density at radius 2 is 1.97 bits per heavy atom. The summed E-state index contributed by atoms with van der Waals surface area (Å²) in [5.41, 5.74) is 3.31. The van der Waals surface area contributed by atoms with E-state index in [4.69, 9.17) is 11.6 Å². The van der Waals surface area contributed by atoms with Gasteiger partial charge in [0.2, 0.25) is 0 Å². The molecule has 0 bridgehead atoms. The molecule has 0 saturated carbocycles. The normalized spacial score (nSPS) is 16.3. The number of benzene rings is 2. The maximum absolute atomic E-state index is 6.13. The van der Waals surface area contributed by atoms with E-state index in [0.29, 0.717) is 12.6 Å². The topological polar surface area (TPSA) is 57.5 Å². The molecule has 2 N–H and O–H groups in total. The largest absolute Gasteiger partial charge is 0.369 e. The summed E-state index contributed by atoms with van der Waals surface area (Å²) in [4.78, 5) is 6.72. The lowest BCUT2D eigenvalue weighted by molar-refractivity contribution is 0.648. The van der Waals surface area contributed by atoms with Crippen molar-refractivity contribution in [2.45, 2.75) is 19.0 Å². The van der Waals surface area contributed by atoms with E-state index in [2.05, 4.69) is 31.7 Å². The van der Waals surface area contributed by atoms with Crippen LogP contribution in [0.1, 0.15) is 12.0 Å². The molecule has 0 amide bonds. The first-order valence-corrected chi connectivity index (χ1v) is 10.2. The minimum atomic E-state index is 0. The number of rotatable bonds is 5. The van der Waals surface area contributed by atoms with Gasteiger partial charge in [0.1, 0.15) is 0 Å². The monoisotopic (exact) mass is 536 g/mol. The predicted molar refractivity (Wildman–Crippen MR) is 134 cm³/mol. The average Bonchev–Trinajstić information content (AvgIpc) is 3.41. The first-order chi connectivity index (χ1) is 14.2. The average molecular weight is 537 g/mol. The van der Waals surface area contributed by atoms with E-state index in [9.17, 15) is 0 Å². The molecule has 1 aliphatic rings. The summed E-state index contributed by atoms with van der Waals surface area (Å²) in [5.74, 6) is 0.801. The molecular weight excluding hydrogens is 511 g/mol. The van der Waals surface area contributed by atoms with Gasteiger partial charge in [-0.25, -0.2) is 4.68 Å². The number of aromatic nitrogens is 2. The third kappa shape index (κ3) is 5.66. The van der Waals surface area contributed by atoms with Crippen LogP contribution in [0.25, 0.3) is 5.69 Å². The van der Waals surface area contributed by atoms with Crippen molar-refractivity contribution < 1.29 is 0 Å². The smallest absolute Gasteiger partial charge is 0.191 e. The molecule has 2 aromatic carbocycles. The SMILES string of the molecule is CN=C(NCc1cnn(-c2ccccc2)c1)NC1CCN(c2cccc(Cl)c2)C1.I. The van der Waals surface area contributed by atoms with E-state index in [0.717, 1.165) is 47.4 Å². The number of nitrogens with one attached hydrogen (secondary N) is 2. The maximum Gasteiger partial charge on any atom is 0.191 e. The van der Waals surface area contributed by atoms with Gasteiger partial charge in [-0.05, 0) is 36.8 Å². The summed E-state index contributed by atoms with van der Waals surface area (Å²) in [6.45, 7) is 2.59.